The number of likely N-dealkylation sites (N-methyl/N-ethyl adjacent to an activating group) is 1. The summed E-state index contributed by atoms with van der Waals surface area (Å²) in [4.78, 5) is 24.7. The van der Waals surface area contributed by atoms with Gasteiger partial charge >= 0.3 is 11.9 Å². The number of carbonyl (C=O) groups is 2. The summed E-state index contributed by atoms with van der Waals surface area (Å²) in [7, 11) is 3.47. The van der Waals surface area contributed by atoms with Gasteiger partial charge in [-0.15, -0.1) is 0 Å². The zero-order valence-corrected chi connectivity index (χ0v) is 11.2. The fraction of sp³-hybridized carbons (Fsp3) is 0.286. The van der Waals surface area contributed by atoms with Crippen LogP contribution in [-0.4, -0.2) is 30.1 Å². The largest absolute Gasteiger partial charge is 0.459 e. The molecule has 0 aliphatic heterocycles. The Morgan fingerprint density at radius 1 is 1.32 bits per heavy atom. The van der Waals surface area contributed by atoms with Gasteiger partial charge in [-0.1, -0.05) is 18.2 Å². The highest BCUT2D eigenvalue weighted by Crippen LogP contribution is 2.27. The van der Waals surface area contributed by atoms with Crippen molar-refractivity contribution in [3.63, 3.8) is 0 Å². The van der Waals surface area contributed by atoms with Crippen molar-refractivity contribution in [2.45, 2.75) is 6.92 Å². The Balaban J connectivity index is 2.39. The smallest absolute Gasteiger partial charge is 0.397 e. The molecule has 0 aliphatic carbocycles. The number of nitrogens with zero attached hydrogens (tertiary/aromatic N) is 2. The Bertz CT molecular complexity index is 631. The van der Waals surface area contributed by atoms with Crippen LogP contribution >= 0.6 is 0 Å². The molecule has 0 spiro atoms. The summed E-state index contributed by atoms with van der Waals surface area (Å²) in [5.74, 6) is -1.50. The van der Waals surface area contributed by atoms with E-state index < -0.39 is 11.9 Å². The van der Waals surface area contributed by atoms with Crippen LogP contribution in [0, 0.1) is 0 Å². The standard InChI is InChI=1S/C14H16N2O3/c1-4-19-14(18)13(17)16(3)12-9-15(2)11-8-6-5-7-10(11)12/h5-9H,4H2,1-3H3. The third kappa shape index (κ3) is 2.31. The minimum atomic E-state index is -0.835. The zero-order valence-electron chi connectivity index (χ0n) is 11.2. The first kappa shape index (κ1) is 13.1. The number of aromatic nitrogens is 1. The van der Waals surface area contributed by atoms with E-state index in [0.29, 0.717) is 5.69 Å². The Labute approximate surface area is 111 Å². The number of para-hydroxylation sites is 1. The Morgan fingerprint density at radius 2 is 2.00 bits per heavy atom. The molecule has 0 bridgehead atoms. The maximum Gasteiger partial charge on any atom is 0.397 e. The van der Waals surface area contributed by atoms with Crippen molar-refractivity contribution >= 4 is 28.5 Å². The van der Waals surface area contributed by atoms with E-state index in [4.69, 9.17) is 4.74 Å². The number of hydrogen-bond donors (Lipinski definition) is 0. The lowest BCUT2D eigenvalue weighted by molar-refractivity contribution is -0.153. The fourth-order valence-electron chi connectivity index (χ4n) is 2.03. The summed E-state index contributed by atoms with van der Waals surface area (Å²) in [6.45, 7) is 1.86. The van der Waals surface area contributed by atoms with E-state index in [1.807, 2.05) is 42.1 Å². The number of anilines is 1. The second-order valence-corrected chi connectivity index (χ2v) is 4.23. The van der Waals surface area contributed by atoms with Crippen molar-refractivity contribution in [2.75, 3.05) is 18.6 Å². The van der Waals surface area contributed by atoms with Gasteiger partial charge in [0, 0.05) is 31.2 Å². The van der Waals surface area contributed by atoms with Crippen LogP contribution in [0.2, 0.25) is 0 Å². The summed E-state index contributed by atoms with van der Waals surface area (Å²) >= 11 is 0. The summed E-state index contributed by atoms with van der Waals surface area (Å²) in [5.41, 5.74) is 1.69. The van der Waals surface area contributed by atoms with Crippen molar-refractivity contribution in [1.29, 1.82) is 0 Å². The molecule has 0 radical (unpaired) electrons. The molecule has 2 rings (SSSR count). The molecule has 0 saturated carbocycles. The third-order valence-electron chi connectivity index (χ3n) is 2.99. The molecule has 0 N–H and O–H groups in total. The summed E-state index contributed by atoms with van der Waals surface area (Å²) in [5, 5.41) is 0.921. The van der Waals surface area contributed by atoms with E-state index in [2.05, 4.69) is 0 Å². The molecule has 0 unspecified atom stereocenters. The minimum absolute atomic E-state index is 0.188. The SMILES string of the molecule is CCOC(=O)C(=O)N(C)c1cn(C)c2ccccc12. The highest BCUT2D eigenvalue weighted by molar-refractivity contribution is 6.38. The van der Waals surface area contributed by atoms with E-state index in [9.17, 15) is 9.59 Å². The van der Waals surface area contributed by atoms with Crippen molar-refractivity contribution < 1.29 is 14.3 Å². The van der Waals surface area contributed by atoms with Gasteiger partial charge in [-0.2, -0.15) is 0 Å². The second kappa shape index (κ2) is 5.14. The summed E-state index contributed by atoms with van der Waals surface area (Å²) in [6, 6.07) is 7.70. The first-order chi connectivity index (χ1) is 9.06. The Hall–Kier alpha value is -2.30. The molecule has 1 amide bonds. The zero-order chi connectivity index (χ0) is 14.0. The van der Waals surface area contributed by atoms with Gasteiger partial charge in [-0.25, -0.2) is 4.79 Å². The van der Waals surface area contributed by atoms with Gasteiger partial charge in [0.2, 0.25) is 0 Å². The van der Waals surface area contributed by atoms with Gasteiger partial charge in [0.25, 0.3) is 0 Å². The normalized spacial score (nSPS) is 10.5. The van der Waals surface area contributed by atoms with E-state index >= 15 is 0 Å². The number of benzene rings is 1. The van der Waals surface area contributed by atoms with Gasteiger partial charge in [-0.05, 0) is 13.0 Å². The van der Waals surface area contributed by atoms with Crippen molar-refractivity contribution in [1.82, 2.24) is 4.57 Å². The highest BCUT2D eigenvalue weighted by Gasteiger charge is 2.23. The number of carbonyl (C=O) groups excluding carboxylic acids is 2. The lowest BCUT2D eigenvalue weighted by atomic mass is 10.2. The molecule has 19 heavy (non-hydrogen) atoms. The monoisotopic (exact) mass is 260 g/mol. The molecule has 1 aromatic heterocycles. The van der Waals surface area contributed by atoms with Crippen molar-refractivity contribution in [2.24, 2.45) is 7.05 Å². The van der Waals surface area contributed by atoms with E-state index in [1.54, 1.807) is 14.0 Å². The average Bonchev–Trinajstić information content (AvgIpc) is 2.75. The molecular formula is C14H16N2O3. The minimum Gasteiger partial charge on any atom is -0.459 e. The molecule has 0 aliphatic rings. The summed E-state index contributed by atoms with van der Waals surface area (Å²) < 4.78 is 6.64. The first-order valence-electron chi connectivity index (χ1n) is 6.05. The number of rotatable bonds is 2. The lowest BCUT2D eigenvalue weighted by Crippen LogP contribution is -2.34. The molecule has 1 aromatic carbocycles. The van der Waals surface area contributed by atoms with E-state index in [0.717, 1.165) is 10.9 Å². The number of aryl methyl sites for hydroxylation is 1. The van der Waals surface area contributed by atoms with E-state index in [-0.39, 0.29) is 6.61 Å². The van der Waals surface area contributed by atoms with Crippen LogP contribution in [0.4, 0.5) is 5.69 Å². The Kier molecular flexibility index (Phi) is 3.55. The maximum atomic E-state index is 11.9. The Morgan fingerprint density at radius 3 is 2.68 bits per heavy atom. The van der Waals surface area contributed by atoms with Crippen molar-refractivity contribution in [3.8, 4) is 0 Å². The molecular weight excluding hydrogens is 244 g/mol. The summed E-state index contributed by atoms with van der Waals surface area (Å²) in [6.07, 6.45) is 1.82. The topological polar surface area (TPSA) is 51.5 Å². The second-order valence-electron chi connectivity index (χ2n) is 4.23. The number of esters is 1. The van der Waals surface area contributed by atoms with Crippen LogP contribution in [0.5, 0.6) is 0 Å². The molecule has 5 nitrogen and oxygen atoms in total. The molecule has 100 valence electrons. The van der Waals surface area contributed by atoms with E-state index in [1.165, 1.54) is 4.90 Å². The lowest BCUT2D eigenvalue weighted by Gasteiger charge is -2.14. The van der Waals surface area contributed by atoms with Gasteiger partial charge in [-0.3, -0.25) is 4.79 Å². The van der Waals surface area contributed by atoms with Crippen LogP contribution < -0.4 is 4.90 Å². The molecule has 1 heterocycles. The number of amides is 1. The quantitative estimate of drug-likeness (QED) is 0.610. The first-order valence-corrected chi connectivity index (χ1v) is 6.05. The molecule has 0 fully saturated rings. The predicted octanol–water partition coefficient (Wildman–Crippen LogP) is 1.70. The highest BCUT2D eigenvalue weighted by atomic mass is 16.5. The number of hydrogen-bond acceptors (Lipinski definition) is 3. The third-order valence-corrected chi connectivity index (χ3v) is 2.99. The van der Waals surface area contributed by atoms with Crippen LogP contribution in [-0.2, 0) is 21.4 Å². The van der Waals surface area contributed by atoms with Gasteiger partial charge in [0.1, 0.15) is 0 Å². The van der Waals surface area contributed by atoms with Crippen LogP contribution in [0.1, 0.15) is 6.92 Å². The maximum absolute atomic E-state index is 11.9. The number of fused-ring (bicyclic) bond motifs is 1. The van der Waals surface area contributed by atoms with Crippen LogP contribution in [0.15, 0.2) is 30.5 Å². The molecule has 2 aromatic rings. The van der Waals surface area contributed by atoms with Crippen molar-refractivity contribution in [3.05, 3.63) is 30.5 Å². The van der Waals surface area contributed by atoms with Gasteiger partial charge < -0.3 is 14.2 Å². The predicted molar refractivity (Wildman–Crippen MR) is 73.0 cm³/mol. The molecule has 0 atom stereocenters. The van der Waals surface area contributed by atoms with Crippen LogP contribution in [0.25, 0.3) is 10.9 Å². The van der Waals surface area contributed by atoms with Gasteiger partial charge in [0.15, 0.2) is 0 Å². The number of ether oxygens (including phenoxy) is 1. The van der Waals surface area contributed by atoms with Gasteiger partial charge in [0.05, 0.1) is 12.3 Å². The van der Waals surface area contributed by atoms with Crippen LogP contribution in [0.3, 0.4) is 0 Å². The average molecular weight is 260 g/mol. The molecule has 5 heteroatoms. The molecule has 0 saturated heterocycles. The fourth-order valence-corrected chi connectivity index (χ4v) is 2.03.